The minimum Gasteiger partial charge on any atom is -0.478 e. The van der Waals surface area contributed by atoms with Crippen LogP contribution in [0.5, 0.6) is 0 Å². The number of likely N-dealkylation sites (tertiary alicyclic amines) is 1. The molecule has 0 spiro atoms. The lowest BCUT2D eigenvalue weighted by molar-refractivity contribution is -0.129. The van der Waals surface area contributed by atoms with E-state index in [1.807, 2.05) is 6.92 Å². The Labute approximate surface area is 151 Å². The van der Waals surface area contributed by atoms with Crippen molar-refractivity contribution in [1.29, 1.82) is 0 Å². The van der Waals surface area contributed by atoms with Crippen molar-refractivity contribution in [3.63, 3.8) is 0 Å². The van der Waals surface area contributed by atoms with Crippen molar-refractivity contribution in [3.8, 4) is 11.1 Å². The zero-order valence-electron chi connectivity index (χ0n) is 14.7. The van der Waals surface area contributed by atoms with Gasteiger partial charge in [-0.3, -0.25) is 9.69 Å². The largest absolute Gasteiger partial charge is 0.478 e. The molecule has 2 heterocycles. The zero-order valence-corrected chi connectivity index (χ0v) is 14.7. The maximum absolute atomic E-state index is 11.5. The molecule has 1 amide bonds. The molecule has 7 nitrogen and oxygen atoms in total. The summed E-state index contributed by atoms with van der Waals surface area (Å²) in [5, 5.41) is 9.30. The Balaban J connectivity index is 1.68. The number of carboxylic acid groups (broad SMARTS) is 1. The lowest BCUT2D eigenvalue weighted by atomic mass is 9.80. The Kier molecular flexibility index (Phi) is 4.99. The summed E-state index contributed by atoms with van der Waals surface area (Å²) in [5.41, 5.74) is 6.55. The maximum Gasteiger partial charge on any atom is 0.336 e. The average molecular weight is 354 g/mol. The molecule has 1 fully saturated rings. The van der Waals surface area contributed by atoms with Crippen molar-refractivity contribution in [2.75, 3.05) is 13.1 Å². The van der Waals surface area contributed by atoms with Crippen LogP contribution in [0.2, 0.25) is 0 Å². The first-order chi connectivity index (χ1) is 12.4. The summed E-state index contributed by atoms with van der Waals surface area (Å²) in [5.74, 6) is -0.547. The van der Waals surface area contributed by atoms with Gasteiger partial charge in [-0.1, -0.05) is 25.1 Å². The van der Waals surface area contributed by atoms with Gasteiger partial charge >= 0.3 is 5.97 Å². The average Bonchev–Trinajstić information content (AvgIpc) is 2.64. The molecule has 3 N–H and O–H groups in total. The molecule has 26 heavy (non-hydrogen) atoms. The number of piperidine rings is 1. The van der Waals surface area contributed by atoms with E-state index in [0.717, 1.165) is 25.9 Å². The first-order valence-corrected chi connectivity index (χ1v) is 8.55. The number of hydrogen-bond donors (Lipinski definition) is 2. The second kappa shape index (κ2) is 7.21. The molecule has 0 saturated carbocycles. The van der Waals surface area contributed by atoms with Crippen molar-refractivity contribution in [2.45, 2.75) is 26.3 Å². The quantitative estimate of drug-likeness (QED) is 0.849. The highest BCUT2D eigenvalue weighted by Gasteiger charge is 2.35. The van der Waals surface area contributed by atoms with Gasteiger partial charge in [0.1, 0.15) is 5.82 Å². The smallest absolute Gasteiger partial charge is 0.336 e. The standard InChI is InChI=1S/C19H22N4O3/c1-19(18(20)26)6-8-23(9-7-19)12-16-21-10-13(11-22-16)14-4-2-3-5-15(14)17(24)25/h2-5,10-11H,6-9,12H2,1H3,(H2,20,26)(H,24,25). The minimum atomic E-state index is -0.976. The minimum absolute atomic E-state index is 0.227. The van der Waals surface area contributed by atoms with E-state index < -0.39 is 11.4 Å². The van der Waals surface area contributed by atoms with Crippen LogP contribution < -0.4 is 5.73 Å². The van der Waals surface area contributed by atoms with Crippen LogP contribution in [-0.2, 0) is 11.3 Å². The summed E-state index contributed by atoms with van der Waals surface area (Å²) in [6.07, 6.45) is 4.77. The second-order valence-electron chi connectivity index (χ2n) is 6.94. The predicted molar refractivity (Wildman–Crippen MR) is 96.2 cm³/mol. The van der Waals surface area contributed by atoms with E-state index in [1.54, 1.807) is 36.7 Å². The SMILES string of the molecule is CC1(C(N)=O)CCN(Cc2ncc(-c3ccccc3C(=O)O)cn2)CC1. The van der Waals surface area contributed by atoms with Crippen LogP contribution in [0.4, 0.5) is 0 Å². The summed E-state index contributed by atoms with van der Waals surface area (Å²) < 4.78 is 0. The monoisotopic (exact) mass is 354 g/mol. The second-order valence-corrected chi connectivity index (χ2v) is 6.94. The van der Waals surface area contributed by atoms with Gasteiger partial charge in [0.2, 0.25) is 5.91 Å². The molecular weight excluding hydrogens is 332 g/mol. The number of aromatic carboxylic acids is 1. The van der Waals surface area contributed by atoms with Crippen molar-refractivity contribution in [2.24, 2.45) is 11.1 Å². The summed E-state index contributed by atoms with van der Waals surface area (Å²) in [6.45, 7) is 4.05. The molecule has 2 aromatic rings. The molecule has 1 aromatic carbocycles. The number of nitrogens with zero attached hydrogens (tertiary/aromatic N) is 3. The number of primary amides is 1. The highest BCUT2D eigenvalue weighted by molar-refractivity contribution is 5.95. The molecule has 136 valence electrons. The summed E-state index contributed by atoms with van der Waals surface area (Å²) in [6, 6.07) is 6.80. The van der Waals surface area contributed by atoms with Gasteiger partial charge in [0.05, 0.1) is 12.1 Å². The van der Waals surface area contributed by atoms with Crippen LogP contribution in [0, 0.1) is 5.41 Å². The topological polar surface area (TPSA) is 109 Å². The normalized spacial score (nSPS) is 17.0. The number of amides is 1. The van der Waals surface area contributed by atoms with Crippen molar-refractivity contribution in [1.82, 2.24) is 14.9 Å². The van der Waals surface area contributed by atoms with Crippen LogP contribution in [0.1, 0.15) is 35.9 Å². The van der Waals surface area contributed by atoms with Crippen LogP contribution in [-0.4, -0.2) is 44.9 Å². The first kappa shape index (κ1) is 18.0. The fraction of sp³-hybridized carbons (Fsp3) is 0.368. The molecule has 1 aliphatic heterocycles. The Bertz CT molecular complexity index is 812. The summed E-state index contributed by atoms with van der Waals surface area (Å²) in [7, 11) is 0. The summed E-state index contributed by atoms with van der Waals surface area (Å²) >= 11 is 0. The lowest BCUT2D eigenvalue weighted by Gasteiger charge is -2.36. The van der Waals surface area contributed by atoms with Gasteiger partial charge in [0.25, 0.3) is 0 Å². The number of carboxylic acids is 1. The van der Waals surface area contributed by atoms with Gasteiger partial charge in [-0.05, 0) is 37.6 Å². The van der Waals surface area contributed by atoms with Gasteiger partial charge in [0.15, 0.2) is 0 Å². The Morgan fingerprint density at radius 3 is 2.38 bits per heavy atom. The first-order valence-electron chi connectivity index (χ1n) is 8.55. The molecule has 7 heteroatoms. The van der Waals surface area contributed by atoms with Gasteiger partial charge in [-0.2, -0.15) is 0 Å². The van der Waals surface area contributed by atoms with E-state index in [2.05, 4.69) is 14.9 Å². The van der Waals surface area contributed by atoms with Gasteiger partial charge < -0.3 is 10.8 Å². The van der Waals surface area contributed by atoms with E-state index in [9.17, 15) is 14.7 Å². The number of nitrogens with two attached hydrogens (primary N) is 1. The van der Waals surface area contributed by atoms with Gasteiger partial charge in [0, 0.05) is 23.4 Å². The molecule has 0 radical (unpaired) electrons. The maximum atomic E-state index is 11.5. The Hall–Kier alpha value is -2.80. The summed E-state index contributed by atoms with van der Waals surface area (Å²) in [4.78, 5) is 33.8. The Morgan fingerprint density at radius 2 is 1.81 bits per heavy atom. The van der Waals surface area contributed by atoms with Crippen molar-refractivity contribution in [3.05, 3.63) is 48.0 Å². The molecule has 0 atom stereocenters. The number of benzene rings is 1. The predicted octanol–water partition coefficient (Wildman–Crippen LogP) is 1.93. The van der Waals surface area contributed by atoms with Crippen molar-refractivity contribution >= 4 is 11.9 Å². The molecular formula is C19H22N4O3. The molecule has 0 unspecified atom stereocenters. The zero-order chi connectivity index (χ0) is 18.7. The van der Waals surface area contributed by atoms with E-state index in [0.29, 0.717) is 23.5 Å². The van der Waals surface area contributed by atoms with E-state index in [-0.39, 0.29) is 11.5 Å². The van der Waals surface area contributed by atoms with E-state index >= 15 is 0 Å². The number of aromatic nitrogens is 2. The fourth-order valence-corrected chi connectivity index (χ4v) is 3.15. The number of rotatable bonds is 5. The molecule has 0 bridgehead atoms. The fourth-order valence-electron chi connectivity index (χ4n) is 3.15. The highest BCUT2D eigenvalue weighted by Crippen LogP contribution is 2.30. The van der Waals surface area contributed by atoms with Crippen LogP contribution in [0.3, 0.4) is 0 Å². The van der Waals surface area contributed by atoms with Crippen LogP contribution in [0.25, 0.3) is 11.1 Å². The van der Waals surface area contributed by atoms with Gasteiger partial charge in [-0.25, -0.2) is 14.8 Å². The Morgan fingerprint density at radius 1 is 1.19 bits per heavy atom. The molecule has 1 saturated heterocycles. The molecule has 3 rings (SSSR count). The molecule has 1 aromatic heterocycles. The number of hydrogen-bond acceptors (Lipinski definition) is 5. The number of carbonyl (C=O) groups is 2. The highest BCUT2D eigenvalue weighted by atomic mass is 16.4. The van der Waals surface area contributed by atoms with Crippen LogP contribution in [0.15, 0.2) is 36.7 Å². The number of carbonyl (C=O) groups excluding carboxylic acids is 1. The third kappa shape index (κ3) is 3.72. The van der Waals surface area contributed by atoms with Crippen molar-refractivity contribution < 1.29 is 14.7 Å². The lowest BCUT2D eigenvalue weighted by Crippen LogP contribution is -2.45. The van der Waals surface area contributed by atoms with E-state index in [1.165, 1.54) is 0 Å². The van der Waals surface area contributed by atoms with E-state index in [4.69, 9.17) is 5.73 Å². The van der Waals surface area contributed by atoms with Crippen LogP contribution >= 0.6 is 0 Å². The third-order valence-corrected chi connectivity index (χ3v) is 5.09. The third-order valence-electron chi connectivity index (χ3n) is 5.09. The molecule has 0 aliphatic carbocycles. The van der Waals surface area contributed by atoms with Gasteiger partial charge in [-0.15, -0.1) is 0 Å². The molecule has 1 aliphatic rings.